The lowest BCUT2D eigenvalue weighted by Crippen LogP contribution is -2.50. The van der Waals surface area contributed by atoms with Gasteiger partial charge >= 0.3 is 5.97 Å². The lowest BCUT2D eigenvalue weighted by atomic mass is 9.92. The monoisotopic (exact) mass is 485 g/mol. The van der Waals surface area contributed by atoms with Gasteiger partial charge in [0.1, 0.15) is 18.4 Å². The number of amides is 1. The van der Waals surface area contributed by atoms with Crippen LogP contribution >= 0.6 is 0 Å². The summed E-state index contributed by atoms with van der Waals surface area (Å²) in [5.74, 6) is -0.669. The second kappa shape index (κ2) is 11.0. The van der Waals surface area contributed by atoms with Crippen molar-refractivity contribution in [3.8, 4) is 5.75 Å². The van der Waals surface area contributed by atoms with Gasteiger partial charge in [-0.3, -0.25) is 4.79 Å². The zero-order valence-corrected chi connectivity index (χ0v) is 20.2. The fraction of sp³-hybridized carbons (Fsp3) is 0.333. The molecule has 1 amide bonds. The van der Waals surface area contributed by atoms with Crippen LogP contribution in [0.4, 0.5) is 0 Å². The number of hydrogen-bond donors (Lipinski definition) is 1. The first-order valence-corrected chi connectivity index (χ1v) is 12.6. The molecule has 0 aromatic heterocycles. The maximum atomic E-state index is 13.9. The van der Waals surface area contributed by atoms with Crippen molar-refractivity contribution < 1.29 is 24.2 Å². The lowest BCUT2D eigenvalue weighted by molar-refractivity contribution is -0.160. The lowest BCUT2D eigenvalue weighted by Gasteiger charge is -2.37. The molecule has 1 fully saturated rings. The summed E-state index contributed by atoms with van der Waals surface area (Å²) in [6, 6.07) is 24.0. The zero-order chi connectivity index (χ0) is 24.9. The summed E-state index contributed by atoms with van der Waals surface area (Å²) in [7, 11) is 0. The molecule has 6 nitrogen and oxygen atoms in total. The van der Waals surface area contributed by atoms with Crippen molar-refractivity contribution in [2.24, 2.45) is 0 Å². The van der Waals surface area contributed by atoms with Crippen LogP contribution in [-0.2, 0) is 33.9 Å². The number of carboxylic acid groups (broad SMARTS) is 1. The minimum Gasteiger partial charge on any atom is -0.489 e. The minimum absolute atomic E-state index is 0.0116. The quantitative estimate of drug-likeness (QED) is 0.468. The van der Waals surface area contributed by atoms with Crippen molar-refractivity contribution in [1.82, 2.24) is 4.90 Å². The summed E-state index contributed by atoms with van der Waals surface area (Å²) in [5, 5.41) is 10.1. The Kier molecular flexibility index (Phi) is 7.33. The number of benzene rings is 3. The number of fused-ring (bicyclic) bond motifs is 1. The van der Waals surface area contributed by atoms with Crippen LogP contribution in [0, 0.1) is 0 Å². The van der Waals surface area contributed by atoms with Crippen LogP contribution < -0.4 is 4.74 Å². The standard InChI is InChI=1S/C30H31NO5/c32-29(28(22-12-5-2-6-13-22)36-24-15-7-8-16-24)31-19-23-14-9-17-27(25(23)18-26(31)30(33)34)35-20-21-10-3-1-4-11-21/h1-6,9-14,17,24,26,28H,7-8,15-16,18-20H2,(H,33,34)/t26-,28+/m0/s1. The van der Waals surface area contributed by atoms with Crippen LogP contribution in [0.25, 0.3) is 0 Å². The van der Waals surface area contributed by atoms with Gasteiger partial charge in [0.05, 0.1) is 6.10 Å². The van der Waals surface area contributed by atoms with E-state index in [1.54, 1.807) is 0 Å². The third kappa shape index (κ3) is 5.29. The Morgan fingerprint density at radius 1 is 0.917 bits per heavy atom. The molecular formula is C30H31NO5. The van der Waals surface area contributed by atoms with Gasteiger partial charge in [0.15, 0.2) is 6.10 Å². The SMILES string of the molecule is O=C(O)[C@@H]1Cc2c(cccc2OCc2ccccc2)CN1C(=O)[C@H](OC1CCCC1)c1ccccc1. The van der Waals surface area contributed by atoms with E-state index in [0.717, 1.165) is 47.9 Å². The Morgan fingerprint density at radius 3 is 2.31 bits per heavy atom. The Labute approximate surface area is 211 Å². The van der Waals surface area contributed by atoms with E-state index in [9.17, 15) is 14.7 Å². The van der Waals surface area contributed by atoms with E-state index in [1.807, 2.05) is 78.9 Å². The summed E-state index contributed by atoms with van der Waals surface area (Å²) in [5.41, 5.74) is 3.54. The topological polar surface area (TPSA) is 76.1 Å². The van der Waals surface area contributed by atoms with Crippen molar-refractivity contribution in [2.75, 3.05) is 0 Å². The number of hydrogen-bond acceptors (Lipinski definition) is 4. The van der Waals surface area contributed by atoms with Crippen LogP contribution in [-0.4, -0.2) is 34.0 Å². The minimum atomic E-state index is -1.03. The summed E-state index contributed by atoms with van der Waals surface area (Å²) in [6.07, 6.45) is 3.38. The molecule has 36 heavy (non-hydrogen) atoms. The first-order valence-electron chi connectivity index (χ1n) is 12.6. The molecule has 1 heterocycles. The fourth-order valence-corrected chi connectivity index (χ4v) is 5.19. The molecule has 3 aromatic rings. The molecule has 1 saturated carbocycles. The van der Waals surface area contributed by atoms with E-state index in [1.165, 1.54) is 4.90 Å². The summed E-state index contributed by atoms with van der Waals surface area (Å²) < 4.78 is 12.4. The maximum absolute atomic E-state index is 13.9. The number of aliphatic carboxylic acids is 1. The van der Waals surface area contributed by atoms with E-state index in [2.05, 4.69) is 0 Å². The average Bonchev–Trinajstić information content (AvgIpc) is 3.44. The van der Waals surface area contributed by atoms with E-state index < -0.39 is 18.1 Å². The molecule has 1 N–H and O–H groups in total. The number of carbonyl (C=O) groups excluding carboxylic acids is 1. The molecule has 2 atom stereocenters. The Bertz CT molecular complexity index is 1190. The van der Waals surface area contributed by atoms with Crippen LogP contribution in [0.2, 0.25) is 0 Å². The molecule has 5 rings (SSSR count). The molecule has 0 spiro atoms. The number of ether oxygens (including phenoxy) is 2. The number of carboxylic acids is 1. The van der Waals surface area contributed by atoms with E-state index in [-0.39, 0.29) is 25.0 Å². The molecule has 2 aliphatic rings. The fourth-order valence-electron chi connectivity index (χ4n) is 5.19. The molecule has 0 radical (unpaired) electrons. The van der Waals surface area contributed by atoms with Crippen LogP contribution in [0.5, 0.6) is 5.75 Å². The van der Waals surface area contributed by atoms with Gasteiger partial charge in [-0.05, 0) is 35.6 Å². The molecule has 0 bridgehead atoms. The molecule has 1 aliphatic carbocycles. The highest BCUT2D eigenvalue weighted by atomic mass is 16.5. The van der Waals surface area contributed by atoms with E-state index in [4.69, 9.17) is 9.47 Å². The van der Waals surface area contributed by atoms with Gasteiger partial charge < -0.3 is 19.5 Å². The molecule has 186 valence electrons. The highest BCUT2D eigenvalue weighted by Gasteiger charge is 2.40. The first-order chi connectivity index (χ1) is 17.6. The first kappa shape index (κ1) is 24.1. The van der Waals surface area contributed by atoms with E-state index in [0.29, 0.717) is 12.4 Å². The summed E-state index contributed by atoms with van der Waals surface area (Å²) in [6.45, 7) is 0.591. The maximum Gasteiger partial charge on any atom is 0.326 e. The second-order valence-corrected chi connectivity index (χ2v) is 9.53. The Balaban J connectivity index is 1.41. The predicted octanol–water partition coefficient (Wildman–Crippen LogP) is 5.30. The summed E-state index contributed by atoms with van der Waals surface area (Å²) >= 11 is 0. The van der Waals surface area contributed by atoms with Crippen molar-refractivity contribution in [2.45, 2.75) is 63.5 Å². The van der Waals surface area contributed by atoms with Gasteiger partial charge in [-0.2, -0.15) is 0 Å². The zero-order valence-electron chi connectivity index (χ0n) is 20.2. The van der Waals surface area contributed by atoms with Crippen molar-refractivity contribution in [3.05, 3.63) is 101 Å². The van der Waals surface area contributed by atoms with E-state index >= 15 is 0 Å². The highest BCUT2D eigenvalue weighted by Crippen LogP contribution is 2.35. The van der Waals surface area contributed by atoms with Gasteiger partial charge in [0, 0.05) is 18.5 Å². The van der Waals surface area contributed by atoms with Gasteiger partial charge in [-0.1, -0.05) is 85.6 Å². The van der Waals surface area contributed by atoms with Crippen LogP contribution in [0.3, 0.4) is 0 Å². The normalized spacial score (nSPS) is 18.4. The largest absolute Gasteiger partial charge is 0.489 e. The number of carbonyl (C=O) groups is 2. The van der Waals surface area contributed by atoms with Gasteiger partial charge in [-0.15, -0.1) is 0 Å². The van der Waals surface area contributed by atoms with Crippen LogP contribution in [0.15, 0.2) is 78.9 Å². The second-order valence-electron chi connectivity index (χ2n) is 9.53. The molecule has 0 saturated heterocycles. The third-order valence-electron chi connectivity index (χ3n) is 7.11. The average molecular weight is 486 g/mol. The molecule has 3 aromatic carbocycles. The highest BCUT2D eigenvalue weighted by molar-refractivity contribution is 5.88. The number of rotatable bonds is 8. The smallest absolute Gasteiger partial charge is 0.326 e. The Morgan fingerprint density at radius 2 is 1.61 bits per heavy atom. The predicted molar refractivity (Wildman–Crippen MR) is 135 cm³/mol. The van der Waals surface area contributed by atoms with Gasteiger partial charge in [-0.25, -0.2) is 4.79 Å². The van der Waals surface area contributed by atoms with Crippen molar-refractivity contribution >= 4 is 11.9 Å². The third-order valence-corrected chi connectivity index (χ3v) is 7.11. The summed E-state index contributed by atoms with van der Waals surface area (Å²) in [4.78, 5) is 27.8. The molecule has 1 aliphatic heterocycles. The van der Waals surface area contributed by atoms with Gasteiger partial charge in [0.2, 0.25) is 0 Å². The molecular weight excluding hydrogens is 454 g/mol. The molecule has 0 unspecified atom stereocenters. The van der Waals surface area contributed by atoms with Crippen LogP contribution in [0.1, 0.15) is 54.0 Å². The van der Waals surface area contributed by atoms with Gasteiger partial charge in [0.25, 0.3) is 5.91 Å². The number of nitrogens with zero attached hydrogens (tertiary/aromatic N) is 1. The Hall–Kier alpha value is -3.64. The van der Waals surface area contributed by atoms with Crippen molar-refractivity contribution in [1.29, 1.82) is 0 Å². The van der Waals surface area contributed by atoms with Crippen molar-refractivity contribution in [3.63, 3.8) is 0 Å². The molecule has 6 heteroatoms.